The summed E-state index contributed by atoms with van der Waals surface area (Å²) in [6, 6.07) is 15.2. The number of nitrogens with one attached hydrogen (secondary N) is 1. The van der Waals surface area contributed by atoms with Crippen LogP contribution in [0.1, 0.15) is 25.0 Å². The van der Waals surface area contributed by atoms with Crippen LogP contribution in [0.3, 0.4) is 0 Å². The molecule has 25 heavy (non-hydrogen) atoms. The number of rotatable bonds is 8. The van der Waals surface area contributed by atoms with Crippen LogP contribution in [0.5, 0.6) is 5.75 Å². The molecule has 0 unspecified atom stereocenters. The highest BCUT2D eigenvalue weighted by Gasteiger charge is 2.04. The normalized spacial score (nSPS) is 11.2. The van der Waals surface area contributed by atoms with Crippen LogP contribution in [0.15, 0.2) is 53.6 Å². The number of hydrazone groups is 1. The minimum Gasteiger partial charge on any atom is -0.494 e. The van der Waals surface area contributed by atoms with E-state index in [2.05, 4.69) is 10.5 Å². The lowest BCUT2D eigenvalue weighted by molar-refractivity contribution is -0.118. The summed E-state index contributed by atoms with van der Waals surface area (Å²) >= 11 is 7.60. The molecule has 1 N–H and O–H groups in total. The number of thioether (sulfide) groups is 1. The summed E-state index contributed by atoms with van der Waals surface area (Å²) in [5.41, 5.74) is 5.29. The zero-order chi connectivity index (χ0) is 18.1. The van der Waals surface area contributed by atoms with E-state index in [0.29, 0.717) is 18.1 Å². The minimum absolute atomic E-state index is 0.137. The maximum absolute atomic E-state index is 11.9. The number of carbonyl (C=O) groups excluding carboxylic acids is 1. The van der Waals surface area contributed by atoms with Crippen LogP contribution in [0.25, 0.3) is 0 Å². The highest BCUT2D eigenvalue weighted by molar-refractivity contribution is 7.99. The largest absolute Gasteiger partial charge is 0.494 e. The van der Waals surface area contributed by atoms with Gasteiger partial charge in [0.15, 0.2) is 0 Å². The molecule has 0 aliphatic carbocycles. The number of nitrogens with zero attached hydrogens (tertiary/aromatic N) is 1. The van der Waals surface area contributed by atoms with Gasteiger partial charge in [0.05, 0.1) is 18.1 Å². The quantitative estimate of drug-likeness (QED) is 0.544. The highest BCUT2D eigenvalue weighted by Crippen LogP contribution is 2.20. The summed E-state index contributed by atoms with van der Waals surface area (Å²) < 4.78 is 5.41. The number of hydrogen-bond acceptors (Lipinski definition) is 4. The third kappa shape index (κ3) is 6.44. The first kappa shape index (κ1) is 19.3. The molecule has 2 aromatic rings. The Balaban J connectivity index is 1.79. The van der Waals surface area contributed by atoms with Gasteiger partial charge < -0.3 is 4.74 Å². The van der Waals surface area contributed by atoms with E-state index in [0.717, 1.165) is 27.6 Å². The van der Waals surface area contributed by atoms with Gasteiger partial charge in [-0.15, -0.1) is 11.8 Å². The predicted molar refractivity (Wildman–Crippen MR) is 106 cm³/mol. The van der Waals surface area contributed by atoms with E-state index in [4.69, 9.17) is 16.3 Å². The molecule has 0 radical (unpaired) electrons. The molecule has 0 bridgehead atoms. The topological polar surface area (TPSA) is 50.7 Å². The van der Waals surface area contributed by atoms with Gasteiger partial charge in [-0.1, -0.05) is 29.8 Å². The SMILES string of the molecule is CCOc1ccc(/C(C)=N\NC(=O)CSCc2ccccc2Cl)cc1. The zero-order valence-electron chi connectivity index (χ0n) is 14.3. The lowest BCUT2D eigenvalue weighted by Gasteiger charge is -2.06. The first-order valence-electron chi connectivity index (χ1n) is 7.97. The molecule has 2 rings (SSSR count). The summed E-state index contributed by atoms with van der Waals surface area (Å²) in [5.74, 6) is 1.70. The van der Waals surface area contributed by atoms with Gasteiger partial charge in [-0.25, -0.2) is 5.43 Å². The van der Waals surface area contributed by atoms with E-state index < -0.39 is 0 Å². The Labute approximate surface area is 157 Å². The van der Waals surface area contributed by atoms with Crippen molar-refractivity contribution in [2.45, 2.75) is 19.6 Å². The lowest BCUT2D eigenvalue weighted by Crippen LogP contribution is -2.21. The summed E-state index contributed by atoms with van der Waals surface area (Å²) in [4.78, 5) is 11.9. The molecule has 0 heterocycles. The summed E-state index contributed by atoms with van der Waals surface area (Å²) in [5, 5.41) is 4.87. The lowest BCUT2D eigenvalue weighted by atomic mass is 10.1. The van der Waals surface area contributed by atoms with E-state index in [9.17, 15) is 4.79 Å². The molecule has 0 aliphatic heterocycles. The second kappa shape index (κ2) is 10.1. The predicted octanol–water partition coefficient (Wildman–Crippen LogP) is 4.51. The average Bonchev–Trinajstić information content (AvgIpc) is 2.62. The van der Waals surface area contributed by atoms with E-state index in [1.54, 1.807) is 0 Å². The number of ether oxygens (including phenoxy) is 1. The first-order valence-corrected chi connectivity index (χ1v) is 9.51. The number of carbonyl (C=O) groups is 1. The van der Waals surface area contributed by atoms with Gasteiger partial charge in [0, 0.05) is 10.8 Å². The van der Waals surface area contributed by atoms with Gasteiger partial charge in [0.25, 0.3) is 0 Å². The molecule has 0 fully saturated rings. The maximum atomic E-state index is 11.9. The molecule has 1 amide bonds. The average molecular weight is 377 g/mol. The molecule has 0 atom stereocenters. The van der Waals surface area contributed by atoms with Crippen LogP contribution in [0, 0.1) is 0 Å². The van der Waals surface area contributed by atoms with Gasteiger partial charge in [0.1, 0.15) is 5.75 Å². The van der Waals surface area contributed by atoms with E-state index in [-0.39, 0.29) is 5.91 Å². The van der Waals surface area contributed by atoms with Gasteiger partial charge in [-0.05, 0) is 55.3 Å². The van der Waals surface area contributed by atoms with Gasteiger partial charge in [0.2, 0.25) is 5.91 Å². The molecule has 0 saturated carbocycles. The molecular weight excluding hydrogens is 356 g/mol. The molecule has 0 aliphatic rings. The number of amides is 1. The minimum atomic E-state index is -0.137. The van der Waals surface area contributed by atoms with Gasteiger partial charge >= 0.3 is 0 Å². The summed E-state index contributed by atoms with van der Waals surface area (Å²) in [6.07, 6.45) is 0. The van der Waals surface area contributed by atoms with Crippen molar-refractivity contribution in [2.75, 3.05) is 12.4 Å². The molecule has 2 aromatic carbocycles. The summed E-state index contributed by atoms with van der Waals surface area (Å²) in [6.45, 7) is 4.43. The molecule has 132 valence electrons. The second-order valence-corrected chi connectivity index (χ2v) is 6.67. The van der Waals surface area contributed by atoms with Crippen LogP contribution in [-0.2, 0) is 10.5 Å². The third-order valence-electron chi connectivity index (χ3n) is 3.38. The maximum Gasteiger partial charge on any atom is 0.250 e. The Kier molecular flexibility index (Phi) is 7.82. The summed E-state index contributed by atoms with van der Waals surface area (Å²) in [7, 11) is 0. The van der Waals surface area contributed by atoms with E-state index in [1.807, 2.05) is 62.4 Å². The van der Waals surface area contributed by atoms with E-state index >= 15 is 0 Å². The number of benzene rings is 2. The van der Waals surface area contributed by atoms with Gasteiger partial charge in [-0.2, -0.15) is 5.10 Å². The van der Waals surface area contributed by atoms with Crippen molar-refractivity contribution in [3.8, 4) is 5.75 Å². The molecular formula is C19H21ClN2O2S. The monoisotopic (exact) mass is 376 g/mol. The smallest absolute Gasteiger partial charge is 0.250 e. The van der Waals surface area contributed by atoms with Crippen LogP contribution in [0.4, 0.5) is 0 Å². The van der Waals surface area contributed by atoms with Crippen molar-refractivity contribution in [3.05, 3.63) is 64.7 Å². The molecule has 0 spiro atoms. The Morgan fingerprint density at radius 2 is 1.92 bits per heavy atom. The van der Waals surface area contributed by atoms with E-state index in [1.165, 1.54) is 11.8 Å². The third-order valence-corrected chi connectivity index (χ3v) is 4.73. The highest BCUT2D eigenvalue weighted by atomic mass is 35.5. The Morgan fingerprint density at radius 1 is 1.20 bits per heavy atom. The van der Waals surface area contributed by atoms with Crippen molar-refractivity contribution in [3.63, 3.8) is 0 Å². The van der Waals surface area contributed by atoms with Crippen LogP contribution >= 0.6 is 23.4 Å². The van der Waals surface area contributed by atoms with Crippen molar-refractivity contribution < 1.29 is 9.53 Å². The van der Waals surface area contributed by atoms with Crippen LogP contribution in [-0.4, -0.2) is 24.0 Å². The van der Waals surface area contributed by atoms with Crippen molar-refractivity contribution in [2.24, 2.45) is 5.10 Å². The Hall–Kier alpha value is -1.98. The Bertz CT molecular complexity index is 732. The van der Waals surface area contributed by atoms with Crippen molar-refractivity contribution >= 4 is 35.0 Å². The molecule has 0 aromatic heterocycles. The fourth-order valence-electron chi connectivity index (χ4n) is 2.07. The van der Waals surface area contributed by atoms with Crippen LogP contribution in [0.2, 0.25) is 5.02 Å². The fourth-order valence-corrected chi connectivity index (χ4v) is 3.18. The zero-order valence-corrected chi connectivity index (χ0v) is 15.9. The second-order valence-electron chi connectivity index (χ2n) is 5.27. The molecule has 6 heteroatoms. The fraction of sp³-hybridized carbons (Fsp3) is 0.263. The van der Waals surface area contributed by atoms with Crippen molar-refractivity contribution in [1.82, 2.24) is 5.43 Å². The van der Waals surface area contributed by atoms with Crippen molar-refractivity contribution in [1.29, 1.82) is 0 Å². The first-order chi connectivity index (χ1) is 12.1. The molecule has 0 saturated heterocycles. The number of hydrogen-bond donors (Lipinski definition) is 1. The molecule has 4 nitrogen and oxygen atoms in total. The van der Waals surface area contributed by atoms with Crippen LogP contribution < -0.4 is 10.2 Å². The Morgan fingerprint density at radius 3 is 2.60 bits per heavy atom. The van der Waals surface area contributed by atoms with Gasteiger partial charge in [-0.3, -0.25) is 4.79 Å². The number of halogens is 1. The standard InChI is InChI=1S/C19H21ClN2O2S/c1-3-24-17-10-8-15(9-11-17)14(2)21-22-19(23)13-25-12-16-6-4-5-7-18(16)20/h4-11H,3,12-13H2,1-2H3,(H,22,23)/b21-14-.